The Balaban J connectivity index is 1.84. The summed E-state index contributed by atoms with van der Waals surface area (Å²) in [7, 11) is 0. The van der Waals surface area contributed by atoms with Gasteiger partial charge in [0.2, 0.25) is 0 Å². The minimum absolute atomic E-state index is 0.374. The zero-order valence-corrected chi connectivity index (χ0v) is 12.6. The zero-order chi connectivity index (χ0) is 12.5. The lowest BCUT2D eigenvalue weighted by Crippen LogP contribution is -2.09. The average Bonchev–Trinajstić information content (AvgIpc) is 2.78. The first-order chi connectivity index (χ1) is 8.74. The third kappa shape index (κ3) is 2.40. The van der Waals surface area contributed by atoms with Gasteiger partial charge in [-0.25, -0.2) is 0 Å². The van der Waals surface area contributed by atoms with Crippen LogP contribution in [0.5, 0.6) is 0 Å². The highest BCUT2D eigenvalue weighted by atomic mass is 79.9. The summed E-state index contributed by atoms with van der Waals surface area (Å²) in [4.78, 5) is 1.38. The van der Waals surface area contributed by atoms with Crippen molar-refractivity contribution in [2.45, 2.75) is 10.9 Å². The Morgan fingerprint density at radius 3 is 2.89 bits per heavy atom. The second kappa shape index (κ2) is 5.16. The summed E-state index contributed by atoms with van der Waals surface area (Å²) < 4.78 is 0.924. The highest BCUT2D eigenvalue weighted by Crippen LogP contribution is 2.40. The van der Waals surface area contributed by atoms with Crippen LogP contribution >= 0.6 is 39.3 Å². The van der Waals surface area contributed by atoms with Crippen molar-refractivity contribution in [3.63, 3.8) is 0 Å². The summed E-state index contributed by atoms with van der Waals surface area (Å²) >= 11 is 11.4. The Kier molecular flexibility index (Phi) is 3.55. The van der Waals surface area contributed by atoms with Gasteiger partial charge in [0.15, 0.2) is 0 Å². The minimum atomic E-state index is 0.374. The van der Waals surface area contributed by atoms with Gasteiger partial charge in [-0.15, -0.1) is 11.8 Å². The van der Waals surface area contributed by atoms with Crippen LogP contribution in [-0.2, 0) is 0 Å². The Morgan fingerprint density at radius 2 is 2.06 bits per heavy atom. The smallest absolute Gasteiger partial charge is 0.0618 e. The third-order valence-corrected chi connectivity index (χ3v) is 5.36. The normalized spacial score (nSPS) is 17.6. The number of thioether (sulfide) groups is 1. The number of hydrogen-bond acceptors (Lipinski definition) is 2. The lowest BCUT2D eigenvalue weighted by Gasteiger charge is -2.15. The molecule has 1 aliphatic heterocycles. The largest absolute Gasteiger partial charge is 0.377 e. The number of hydrogen-bond donors (Lipinski definition) is 1. The van der Waals surface area contributed by atoms with Crippen LogP contribution in [0.15, 0.2) is 51.8 Å². The molecule has 1 N–H and O–H groups in total. The Morgan fingerprint density at radius 1 is 1.22 bits per heavy atom. The van der Waals surface area contributed by atoms with Gasteiger partial charge in [-0.1, -0.05) is 29.8 Å². The molecule has 4 heteroatoms. The summed E-state index contributed by atoms with van der Waals surface area (Å²) in [6.45, 7) is 0. The maximum atomic E-state index is 6.00. The van der Waals surface area contributed by atoms with Gasteiger partial charge in [0.1, 0.15) is 0 Å². The Hall–Kier alpha value is -0.640. The van der Waals surface area contributed by atoms with E-state index in [1.165, 1.54) is 10.5 Å². The van der Waals surface area contributed by atoms with Crippen LogP contribution < -0.4 is 5.32 Å². The van der Waals surface area contributed by atoms with Crippen LogP contribution in [0.1, 0.15) is 11.6 Å². The lowest BCUT2D eigenvalue weighted by molar-refractivity contribution is 0.900. The van der Waals surface area contributed by atoms with E-state index in [1.54, 1.807) is 0 Å². The van der Waals surface area contributed by atoms with Crippen LogP contribution in [0.4, 0.5) is 5.69 Å². The van der Waals surface area contributed by atoms with Crippen molar-refractivity contribution in [2.24, 2.45) is 0 Å². The molecule has 92 valence electrons. The Labute approximate surface area is 124 Å². The molecule has 0 saturated carbocycles. The maximum absolute atomic E-state index is 6.00. The molecule has 1 heterocycles. The number of halogens is 2. The molecule has 0 aliphatic carbocycles. The third-order valence-electron chi connectivity index (χ3n) is 2.96. The Bertz CT molecular complexity index is 588. The van der Waals surface area contributed by atoms with Gasteiger partial charge in [-0.2, -0.15) is 0 Å². The predicted molar refractivity (Wildman–Crippen MR) is 82.7 cm³/mol. The van der Waals surface area contributed by atoms with Crippen molar-refractivity contribution < 1.29 is 0 Å². The number of rotatable bonds is 2. The van der Waals surface area contributed by atoms with Crippen molar-refractivity contribution in [3.8, 4) is 0 Å². The molecule has 0 aromatic heterocycles. The van der Waals surface area contributed by atoms with E-state index in [0.717, 1.165) is 20.9 Å². The van der Waals surface area contributed by atoms with Crippen LogP contribution in [0.2, 0.25) is 5.02 Å². The van der Waals surface area contributed by atoms with E-state index in [4.69, 9.17) is 11.6 Å². The highest BCUT2D eigenvalue weighted by Gasteiger charge is 2.22. The first kappa shape index (κ1) is 12.4. The van der Waals surface area contributed by atoms with Gasteiger partial charge < -0.3 is 5.32 Å². The molecule has 0 spiro atoms. The fraction of sp³-hybridized carbons (Fsp3) is 0.143. The van der Waals surface area contributed by atoms with Crippen molar-refractivity contribution in [1.29, 1.82) is 0 Å². The standard InChI is InChI=1S/C14H11BrClNS/c15-11-7-9(5-6-12(11)16)17-13-8-18-14-4-2-1-3-10(13)14/h1-7,13,17H,8H2. The summed E-state index contributed by atoms with van der Waals surface area (Å²) in [5.41, 5.74) is 2.47. The maximum Gasteiger partial charge on any atom is 0.0618 e. The van der Waals surface area contributed by atoms with Gasteiger partial charge in [0.05, 0.1) is 11.1 Å². The van der Waals surface area contributed by atoms with E-state index in [2.05, 4.69) is 45.5 Å². The van der Waals surface area contributed by atoms with Crippen LogP contribution in [-0.4, -0.2) is 5.75 Å². The number of benzene rings is 2. The van der Waals surface area contributed by atoms with Crippen LogP contribution in [0.25, 0.3) is 0 Å². The molecule has 0 bridgehead atoms. The monoisotopic (exact) mass is 339 g/mol. The molecule has 18 heavy (non-hydrogen) atoms. The van der Waals surface area contributed by atoms with Gasteiger partial charge >= 0.3 is 0 Å². The van der Waals surface area contributed by atoms with E-state index in [0.29, 0.717) is 6.04 Å². The summed E-state index contributed by atoms with van der Waals surface area (Å²) in [5.74, 6) is 1.07. The second-order valence-corrected chi connectivity index (χ2v) is 6.50. The molecule has 1 unspecified atom stereocenters. The first-order valence-electron chi connectivity index (χ1n) is 5.67. The van der Waals surface area contributed by atoms with E-state index in [-0.39, 0.29) is 0 Å². The van der Waals surface area contributed by atoms with Gasteiger partial charge in [-0.3, -0.25) is 0 Å². The number of anilines is 1. The predicted octanol–water partition coefficient (Wildman–Crippen LogP) is 5.36. The number of nitrogens with one attached hydrogen (secondary N) is 1. The molecule has 0 fully saturated rings. The molecular formula is C14H11BrClNS. The van der Waals surface area contributed by atoms with Gasteiger partial charge in [0, 0.05) is 20.8 Å². The molecule has 1 atom stereocenters. The molecule has 1 aliphatic rings. The van der Waals surface area contributed by atoms with Crippen molar-refractivity contribution in [2.75, 3.05) is 11.1 Å². The average molecular weight is 341 g/mol. The molecule has 3 rings (SSSR count). The topological polar surface area (TPSA) is 12.0 Å². The van der Waals surface area contributed by atoms with E-state index < -0.39 is 0 Å². The minimum Gasteiger partial charge on any atom is -0.377 e. The number of fused-ring (bicyclic) bond motifs is 1. The fourth-order valence-corrected chi connectivity index (χ4v) is 3.73. The molecular weight excluding hydrogens is 330 g/mol. The molecule has 0 radical (unpaired) electrons. The van der Waals surface area contributed by atoms with Gasteiger partial charge in [0.25, 0.3) is 0 Å². The van der Waals surface area contributed by atoms with Crippen LogP contribution in [0.3, 0.4) is 0 Å². The quantitative estimate of drug-likeness (QED) is 0.789. The highest BCUT2D eigenvalue weighted by molar-refractivity contribution is 9.10. The van der Waals surface area contributed by atoms with Crippen LogP contribution in [0, 0.1) is 0 Å². The van der Waals surface area contributed by atoms with Crippen molar-refractivity contribution in [1.82, 2.24) is 0 Å². The zero-order valence-electron chi connectivity index (χ0n) is 9.49. The molecule has 2 aromatic rings. The van der Waals surface area contributed by atoms with Gasteiger partial charge in [-0.05, 0) is 45.8 Å². The molecule has 2 aromatic carbocycles. The summed E-state index contributed by atoms with van der Waals surface area (Å²) in [6, 6.07) is 14.9. The first-order valence-corrected chi connectivity index (χ1v) is 7.83. The van der Waals surface area contributed by atoms with E-state index in [9.17, 15) is 0 Å². The van der Waals surface area contributed by atoms with E-state index in [1.807, 2.05) is 30.0 Å². The SMILES string of the molecule is Clc1ccc(NC2CSc3ccccc32)cc1Br. The van der Waals surface area contributed by atoms with E-state index >= 15 is 0 Å². The molecule has 0 saturated heterocycles. The summed E-state index contributed by atoms with van der Waals surface area (Å²) in [6.07, 6.45) is 0. The molecule has 1 nitrogen and oxygen atoms in total. The van der Waals surface area contributed by atoms with Crippen molar-refractivity contribution in [3.05, 3.63) is 57.5 Å². The molecule has 0 amide bonds. The lowest BCUT2D eigenvalue weighted by atomic mass is 10.1. The fourth-order valence-electron chi connectivity index (χ4n) is 2.07. The summed E-state index contributed by atoms with van der Waals surface area (Å²) in [5, 5.41) is 4.29. The van der Waals surface area contributed by atoms with Crippen molar-refractivity contribution >= 4 is 45.0 Å². The second-order valence-electron chi connectivity index (χ2n) is 4.17.